The van der Waals surface area contributed by atoms with Crippen molar-refractivity contribution in [2.75, 3.05) is 4.90 Å². The van der Waals surface area contributed by atoms with Crippen LogP contribution in [0.15, 0.2) is 109 Å². The number of benzene rings is 4. The third-order valence-electron chi connectivity index (χ3n) is 7.68. The van der Waals surface area contributed by atoms with E-state index in [0.29, 0.717) is 5.56 Å². The van der Waals surface area contributed by atoms with E-state index in [0.717, 1.165) is 33.2 Å². The van der Waals surface area contributed by atoms with Crippen LogP contribution in [0.2, 0.25) is 0 Å². The highest BCUT2D eigenvalue weighted by atomic mass is 15.2. The van der Waals surface area contributed by atoms with Crippen molar-refractivity contribution in [1.82, 2.24) is 9.55 Å². The monoisotopic (exact) mass is 476 g/mol. The van der Waals surface area contributed by atoms with E-state index in [-0.39, 0.29) is 5.41 Å². The lowest BCUT2D eigenvalue weighted by atomic mass is 9.73. The molecule has 176 valence electrons. The van der Waals surface area contributed by atoms with Gasteiger partial charge in [-0.05, 0) is 65.7 Å². The van der Waals surface area contributed by atoms with E-state index in [9.17, 15) is 5.26 Å². The molecule has 4 heteroatoms. The molecule has 0 fully saturated rings. The van der Waals surface area contributed by atoms with Crippen molar-refractivity contribution in [2.24, 2.45) is 0 Å². The van der Waals surface area contributed by atoms with Crippen molar-refractivity contribution in [3.8, 4) is 11.8 Å². The van der Waals surface area contributed by atoms with Crippen LogP contribution in [0, 0.1) is 11.3 Å². The highest BCUT2D eigenvalue weighted by Crippen LogP contribution is 2.51. The topological polar surface area (TPSA) is 44.9 Å². The zero-order valence-electron chi connectivity index (χ0n) is 20.7. The molecule has 1 aliphatic heterocycles. The van der Waals surface area contributed by atoms with Gasteiger partial charge >= 0.3 is 0 Å². The predicted octanol–water partition coefficient (Wildman–Crippen LogP) is 8.16. The lowest BCUT2D eigenvalue weighted by Gasteiger charge is -2.42. The number of para-hydroxylation sites is 2. The number of anilines is 3. The normalized spacial score (nSPS) is 13.8. The average Bonchev–Trinajstić information content (AvgIpc) is 3.27. The van der Waals surface area contributed by atoms with Gasteiger partial charge in [0.25, 0.3) is 0 Å². The van der Waals surface area contributed by atoms with Crippen LogP contribution in [0.4, 0.5) is 17.1 Å². The van der Waals surface area contributed by atoms with Crippen LogP contribution in [0.3, 0.4) is 0 Å². The van der Waals surface area contributed by atoms with Gasteiger partial charge < -0.3 is 9.47 Å². The van der Waals surface area contributed by atoms with Crippen molar-refractivity contribution in [1.29, 1.82) is 5.26 Å². The second-order valence-electron chi connectivity index (χ2n) is 10.1. The Bertz CT molecular complexity index is 1840. The molecule has 1 aliphatic rings. The van der Waals surface area contributed by atoms with Crippen LogP contribution in [0.5, 0.6) is 0 Å². The third-order valence-corrected chi connectivity index (χ3v) is 7.68. The summed E-state index contributed by atoms with van der Waals surface area (Å²) in [6, 6.07) is 36.3. The lowest BCUT2D eigenvalue weighted by Crippen LogP contribution is -2.30. The Balaban J connectivity index is 1.49. The fraction of sp³-hybridized carbons (Fsp3) is 0.0909. The number of hydrogen-bond donors (Lipinski definition) is 0. The lowest BCUT2D eigenvalue weighted by molar-refractivity contribution is 0.632. The Kier molecular flexibility index (Phi) is 4.52. The summed E-state index contributed by atoms with van der Waals surface area (Å²) in [5.74, 6) is 0. The molecule has 0 unspecified atom stereocenters. The van der Waals surface area contributed by atoms with E-state index in [1.165, 1.54) is 22.5 Å². The first kappa shape index (κ1) is 21.4. The van der Waals surface area contributed by atoms with Gasteiger partial charge in [0.15, 0.2) is 0 Å². The summed E-state index contributed by atoms with van der Waals surface area (Å²) in [6.07, 6.45) is 3.71. The summed E-state index contributed by atoms with van der Waals surface area (Å²) in [5, 5.41) is 11.6. The van der Waals surface area contributed by atoms with Gasteiger partial charge in [-0.2, -0.15) is 5.26 Å². The highest BCUT2D eigenvalue weighted by Gasteiger charge is 2.36. The number of nitrogens with zero attached hydrogens (tertiary/aromatic N) is 4. The van der Waals surface area contributed by atoms with E-state index in [4.69, 9.17) is 0 Å². The number of aromatic nitrogens is 2. The molecule has 2 aromatic heterocycles. The highest BCUT2D eigenvalue weighted by molar-refractivity contribution is 6.09. The maximum atomic E-state index is 9.49. The molecule has 0 saturated carbocycles. The molecule has 4 nitrogen and oxygen atoms in total. The SMILES string of the molecule is CC1(C)c2ccccc2N(c2cccc(-n3c4ccncc4c4cc(C#N)ccc43)c2)c2ccccc21. The minimum absolute atomic E-state index is 0.0976. The minimum Gasteiger partial charge on any atom is -0.310 e. The van der Waals surface area contributed by atoms with Crippen molar-refractivity contribution in [3.63, 3.8) is 0 Å². The average molecular weight is 477 g/mol. The zero-order chi connectivity index (χ0) is 25.1. The van der Waals surface area contributed by atoms with Gasteiger partial charge in [0, 0.05) is 40.0 Å². The Morgan fingerprint density at radius 2 is 1.38 bits per heavy atom. The molecular formula is C33H24N4. The molecule has 3 heterocycles. The van der Waals surface area contributed by atoms with Crippen LogP contribution in [-0.2, 0) is 5.41 Å². The first-order valence-electron chi connectivity index (χ1n) is 12.5. The summed E-state index contributed by atoms with van der Waals surface area (Å²) in [5.41, 5.74) is 9.86. The Morgan fingerprint density at radius 1 is 0.703 bits per heavy atom. The quantitative estimate of drug-likeness (QED) is 0.253. The second kappa shape index (κ2) is 7.81. The summed E-state index contributed by atoms with van der Waals surface area (Å²) >= 11 is 0. The van der Waals surface area contributed by atoms with Gasteiger partial charge in [0.05, 0.1) is 34.0 Å². The fourth-order valence-electron chi connectivity index (χ4n) is 5.93. The zero-order valence-corrected chi connectivity index (χ0v) is 20.7. The van der Waals surface area contributed by atoms with Gasteiger partial charge in [0.2, 0.25) is 0 Å². The molecule has 0 bridgehead atoms. The standard InChI is InChI=1S/C33H24N4/c1-33(2)27-10-3-5-12-31(27)37(32-13-6-4-11-28(32)33)24-9-7-8-23(19-24)36-29-15-14-22(20-34)18-25(29)26-21-35-17-16-30(26)36/h3-19,21H,1-2H3. The predicted molar refractivity (Wildman–Crippen MR) is 150 cm³/mol. The van der Waals surface area contributed by atoms with Gasteiger partial charge in [-0.3, -0.25) is 4.98 Å². The van der Waals surface area contributed by atoms with E-state index < -0.39 is 0 Å². The number of hydrogen-bond acceptors (Lipinski definition) is 3. The summed E-state index contributed by atoms with van der Waals surface area (Å²) in [7, 11) is 0. The Hall–Kier alpha value is -4.88. The van der Waals surface area contributed by atoms with Crippen LogP contribution >= 0.6 is 0 Å². The first-order valence-corrected chi connectivity index (χ1v) is 12.5. The molecule has 0 radical (unpaired) electrons. The number of fused-ring (bicyclic) bond motifs is 5. The second-order valence-corrected chi connectivity index (χ2v) is 10.1. The van der Waals surface area contributed by atoms with E-state index in [2.05, 4.69) is 107 Å². The van der Waals surface area contributed by atoms with Gasteiger partial charge in [-0.25, -0.2) is 0 Å². The molecule has 4 aromatic carbocycles. The number of pyridine rings is 1. The minimum atomic E-state index is -0.0976. The molecule has 0 atom stereocenters. The molecule has 6 aromatic rings. The Morgan fingerprint density at radius 3 is 2.11 bits per heavy atom. The van der Waals surface area contributed by atoms with Crippen molar-refractivity contribution < 1.29 is 0 Å². The number of nitriles is 1. The van der Waals surface area contributed by atoms with E-state index >= 15 is 0 Å². The van der Waals surface area contributed by atoms with Crippen molar-refractivity contribution in [2.45, 2.75) is 19.3 Å². The van der Waals surface area contributed by atoms with Crippen LogP contribution in [-0.4, -0.2) is 9.55 Å². The maximum Gasteiger partial charge on any atom is 0.0991 e. The largest absolute Gasteiger partial charge is 0.310 e. The molecule has 7 rings (SSSR count). The molecule has 0 amide bonds. The third kappa shape index (κ3) is 3.04. The van der Waals surface area contributed by atoms with Crippen molar-refractivity contribution in [3.05, 3.63) is 126 Å². The van der Waals surface area contributed by atoms with Crippen LogP contribution in [0.1, 0.15) is 30.5 Å². The molecule has 0 spiro atoms. The first-order chi connectivity index (χ1) is 18.1. The molecular weight excluding hydrogens is 452 g/mol. The van der Waals surface area contributed by atoms with Gasteiger partial charge in [-0.15, -0.1) is 0 Å². The summed E-state index contributed by atoms with van der Waals surface area (Å²) in [6.45, 7) is 4.61. The maximum absolute atomic E-state index is 9.49. The van der Waals surface area contributed by atoms with E-state index in [1.807, 2.05) is 36.7 Å². The van der Waals surface area contributed by atoms with Gasteiger partial charge in [0.1, 0.15) is 0 Å². The summed E-state index contributed by atoms with van der Waals surface area (Å²) in [4.78, 5) is 6.75. The fourth-order valence-corrected chi connectivity index (χ4v) is 5.93. The molecule has 0 aliphatic carbocycles. The van der Waals surface area contributed by atoms with Crippen LogP contribution in [0.25, 0.3) is 27.5 Å². The molecule has 37 heavy (non-hydrogen) atoms. The van der Waals surface area contributed by atoms with Crippen molar-refractivity contribution >= 4 is 38.9 Å². The Labute approximate surface area is 215 Å². The van der Waals surface area contributed by atoms with Crippen LogP contribution < -0.4 is 4.90 Å². The summed E-state index contributed by atoms with van der Waals surface area (Å²) < 4.78 is 2.27. The van der Waals surface area contributed by atoms with E-state index in [1.54, 1.807) is 0 Å². The number of rotatable bonds is 2. The smallest absolute Gasteiger partial charge is 0.0991 e. The van der Waals surface area contributed by atoms with Gasteiger partial charge in [-0.1, -0.05) is 56.3 Å². The molecule has 0 N–H and O–H groups in total. The molecule has 0 saturated heterocycles.